The molecule has 0 bridgehead atoms. The summed E-state index contributed by atoms with van der Waals surface area (Å²) >= 11 is 0. The Morgan fingerprint density at radius 3 is 1.77 bits per heavy atom. The molecule has 5 rings (SSSR count). The molecule has 3 fully saturated rings. The summed E-state index contributed by atoms with van der Waals surface area (Å²) in [7, 11) is 1.57. The summed E-state index contributed by atoms with van der Waals surface area (Å²) in [6.45, 7) is 1.39. The standard InChI is InChI=1S/C38H51NO18/c1-18-33(52-19(2)42)34(56-36-31(48)29(46)27(44)24(16-40)54-36)35(57-37-32(49)30(47)28(45)25(17-41)55-37)38(51-18)53-23-11-6-21(7-12-23)14-15-39-26(43)13-8-20-4-9-22(50-3)10-5-20/h4-13,18,24-25,27-38,40-41,44-49H,14-17H2,1-3H3,(H,39,43). The molecule has 15 atom stereocenters. The summed E-state index contributed by atoms with van der Waals surface area (Å²) in [6, 6.07) is 13.9. The largest absolute Gasteiger partial charge is 0.497 e. The van der Waals surface area contributed by atoms with Gasteiger partial charge >= 0.3 is 5.97 Å². The van der Waals surface area contributed by atoms with Crippen LogP contribution in [0.15, 0.2) is 54.6 Å². The van der Waals surface area contributed by atoms with Crippen LogP contribution in [-0.2, 0) is 44.4 Å². The minimum absolute atomic E-state index is 0.224. The number of aliphatic hydroxyl groups is 8. The molecule has 3 aliphatic rings. The maximum absolute atomic E-state index is 12.4. The van der Waals surface area contributed by atoms with Gasteiger partial charge < -0.3 is 84.1 Å². The number of nitrogens with one attached hydrogen (secondary N) is 1. The molecule has 0 saturated carbocycles. The van der Waals surface area contributed by atoms with Gasteiger partial charge in [0.05, 0.1) is 26.4 Å². The maximum Gasteiger partial charge on any atom is 0.303 e. The second-order valence-corrected chi connectivity index (χ2v) is 13.8. The van der Waals surface area contributed by atoms with E-state index in [0.29, 0.717) is 18.7 Å². The maximum atomic E-state index is 12.4. The summed E-state index contributed by atoms with van der Waals surface area (Å²) < 4.78 is 46.4. The lowest BCUT2D eigenvalue weighted by Gasteiger charge is -2.49. The van der Waals surface area contributed by atoms with Crippen molar-refractivity contribution in [3.63, 3.8) is 0 Å². The highest BCUT2D eigenvalue weighted by Crippen LogP contribution is 2.35. The van der Waals surface area contributed by atoms with Crippen molar-refractivity contribution in [1.82, 2.24) is 5.32 Å². The molecule has 57 heavy (non-hydrogen) atoms. The van der Waals surface area contributed by atoms with Crippen LogP contribution in [0.4, 0.5) is 0 Å². The number of amides is 1. The zero-order valence-corrected chi connectivity index (χ0v) is 31.4. The van der Waals surface area contributed by atoms with Crippen LogP contribution in [0.1, 0.15) is 25.0 Å². The number of aliphatic hydroxyl groups excluding tert-OH is 8. The average Bonchev–Trinajstić information content (AvgIpc) is 3.20. The Balaban J connectivity index is 1.34. The Hall–Kier alpha value is -3.80. The molecule has 0 radical (unpaired) electrons. The van der Waals surface area contributed by atoms with Gasteiger partial charge in [0.1, 0.15) is 66.4 Å². The van der Waals surface area contributed by atoms with Gasteiger partial charge in [-0.1, -0.05) is 24.3 Å². The van der Waals surface area contributed by atoms with Crippen molar-refractivity contribution in [3.8, 4) is 11.5 Å². The molecule has 3 saturated heterocycles. The summed E-state index contributed by atoms with van der Waals surface area (Å²) in [6.07, 6.45) is -20.7. The molecule has 15 unspecified atom stereocenters. The Labute approximate surface area is 327 Å². The van der Waals surface area contributed by atoms with Gasteiger partial charge in [-0.3, -0.25) is 9.59 Å². The lowest BCUT2D eigenvalue weighted by atomic mass is 9.96. The van der Waals surface area contributed by atoms with Crippen LogP contribution in [0.25, 0.3) is 6.08 Å². The van der Waals surface area contributed by atoms with Crippen molar-refractivity contribution in [2.24, 2.45) is 0 Å². The van der Waals surface area contributed by atoms with Crippen LogP contribution in [0.3, 0.4) is 0 Å². The first-order valence-corrected chi connectivity index (χ1v) is 18.3. The van der Waals surface area contributed by atoms with Gasteiger partial charge in [0.25, 0.3) is 0 Å². The fraction of sp³-hybridized carbons (Fsp3) is 0.579. The predicted molar refractivity (Wildman–Crippen MR) is 193 cm³/mol. The van der Waals surface area contributed by atoms with E-state index in [9.17, 15) is 50.4 Å². The lowest BCUT2D eigenvalue weighted by Crippen LogP contribution is -2.67. The van der Waals surface area contributed by atoms with E-state index in [1.54, 1.807) is 49.6 Å². The van der Waals surface area contributed by atoms with E-state index >= 15 is 0 Å². The van der Waals surface area contributed by atoms with Gasteiger partial charge in [0, 0.05) is 19.5 Å². The number of methoxy groups -OCH3 is 1. The number of ether oxygens (including phenoxy) is 8. The van der Waals surface area contributed by atoms with Crippen LogP contribution in [0, 0.1) is 0 Å². The fourth-order valence-corrected chi connectivity index (χ4v) is 6.54. The zero-order chi connectivity index (χ0) is 41.4. The monoisotopic (exact) mass is 809 g/mol. The molecule has 0 aromatic heterocycles. The SMILES string of the molecule is COc1ccc(C=CC(=O)NCCc2ccc(OC3OC(C)C(OC(C)=O)C(OC4OC(CO)C(O)C(O)C4O)C3OC3OC(CO)C(O)C(O)C3O)cc2)cc1. The first kappa shape index (κ1) is 44.3. The van der Waals surface area contributed by atoms with E-state index in [-0.39, 0.29) is 11.7 Å². The first-order chi connectivity index (χ1) is 27.2. The third kappa shape index (κ3) is 11.0. The van der Waals surface area contributed by atoms with Gasteiger partial charge in [0.15, 0.2) is 24.8 Å². The van der Waals surface area contributed by atoms with Crippen LogP contribution >= 0.6 is 0 Å². The van der Waals surface area contributed by atoms with E-state index in [1.165, 1.54) is 13.0 Å². The molecular weight excluding hydrogens is 758 g/mol. The van der Waals surface area contributed by atoms with Crippen LogP contribution in [0.5, 0.6) is 11.5 Å². The highest BCUT2D eigenvalue weighted by Gasteiger charge is 2.55. The van der Waals surface area contributed by atoms with E-state index in [1.807, 2.05) is 12.1 Å². The third-order valence-electron chi connectivity index (χ3n) is 9.74. The minimum Gasteiger partial charge on any atom is -0.497 e. The topological polar surface area (TPSA) is 282 Å². The molecule has 9 N–H and O–H groups in total. The summed E-state index contributed by atoms with van der Waals surface area (Å²) in [5.41, 5.74) is 1.65. The van der Waals surface area contributed by atoms with Crippen molar-refractivity contribution < 1.29 is 88.3 Å². The summed E-state index contributed by atoms with van der Waals surface area (Å²) in [5, 5.41) is 85.8. The number of carbonyl (C=O) groups is 2. The highest BCUT2D eigenvalue weighted by atomic mass is 16.8. The normalized spacial score (nSPS) is 35.7. The van der Waals surface area contributed by atoms with Crippen LogP contribution in [-0.4, -0.2) is 172 Å². The Kier molecular flexibility index (Phi) is 15.7. The quantitative estimate of drug-likeness (QED) is 0.0664. The minimum atomic E-state index is -1.90. The van der Waals surface area contributed by atoms with E-state index in [4.69, 9.17) is 37.9 Å². The van der Waals surface area contributed by atoms with Crippen molar-refractivity contribution in [3.05, 3.63) is 65.7 Å². The molecule has 2 aromatic rings. The predicted octanol–water partition coefficient (Wildman–Crippen LogP) is -2.51. The highest BCUT2D eigenvalue weighted by molar-refractivity contribution is 5.91. The molecule has 2 aromatic carbocycles. The average molecular weight is 810 g/mol. The molecular formula is C38H51NO18. The lowest BCUT2D eigenvalue weighted by molar-refractivity contribution is -0.382. The molecule has 316 valence electrons. The van der Waals surface area contributed by atoms with E-state index in [2.05, 4.69) is 5.32 Å². The van der Waals surface area contributed by atoms with E-state index < -0.39 is 111 Å². The Bertz CT molecular complexity index is 1610. The van der Waals surface area contributed by atoms with Crippen molar-refractivity contribution in [1.29, 1.82) is 0 Å². The molecule has 1 amide bonds. The van der Waals surface area contributed by atoms with Gasteiger partial charge in [-0.15, -0.1) is 0 Å². The molecule has 3 aliphatic heterocycles. The van der Waals surface area contributed by atoms with E-state index in [0.717, 1.165) is 18.1 Å². The van der Waals surface area contributed by atoms with Gasteiger partial charge in [-0.05, 0) is 54.8 Å². The fourth-order valence-electron chi connectivity index (χ4n) is 6.54. The van der Waals surface area contributed by atoms with Crippen molar-refractivity contribution in [2.75, 3.05) is 26.9 Å². The van der Waals surface area contributed by atoms with Gasteiger partial charge in [-0.2, -0.15) is 0 Å². The molecule has 19 nitrogen and oxygen atoms in total. The summed E-state index contributed by atoms with van der Waals surface area (Å²) in [4.78, 5) is 24.7. The summed E-state index contributed by atoms with van der Waals surface area (Å²) in [5.74, 6) is -0.147. The molecule has 0 aliphatic carbocycles. The van der Waals surface area contributed by atoms with Crippen LogP contribution in [0.2, 0.25) is 0 Å². The van der Waals surface area contributed by atoms with Crippen molar-refractivity contribution in [2.45, 2.75) is 112 Å². The van der Waals surface area contributed by atoms with Crippen LogP contribution < -0.4 is 14.8 Å². The Morgan fingerprint density at radius 2 is 1.25 bits per heavy atom. The first-order valence-electron chi connectivity index (χ1n) is 18.3. The number of rotatable bonds is 15. The number of hydrogen-bond acceptors (Lipinski definition) is 18. The molecule has 0 spiro atoms. The smallest absolute Gasteiger partial charge is 0.303 e. The Morgan fingerprint density at radius 1 is 0.702 bits per heavy atom. The van der Waals surface area contributed by atoms with Crippen molar-refractivity contribution >= 4 is 18.0 Å². The number of benzene rings is 2. The second kappa shape index (κ2) is 20.3. The molecule has 3 heterocycles. The van der Waals surface area contributed by atoms with Gasteiger partial charge in [0.2, 0.25) is 12.2 Å². The number of hydrogen-bond donors (Lipinski definition) is 9. The zero-order valence-electron chi connectivity index (χ0n) is 31.4. The third-order valence-corrected chi connectivity index (χ3v) is 9.74. The van der Waals surface area contributed by atoms with Gasteiger partial charge in [-0.25, -0.2) is 0 Å². The molecule has 19 heteroatoms. The number of esters is 1. The number of carbonyl (C=O) groups excluding carboxylic acids is 2. The second-order valence-electron chi connectivity index (χ2n) is 13.8.